The summed E-state index contributed by atoms with van der Waals surface area (Å²) in [6, 6.07) is 0. The number of hydrogen-bond donors (Lipinski definition) is 1. The Hall–Kier alpha value is -0.650. The summed E-state index contributed by atoms with van der Waals surface area (Å²) in [6.07, 6.45) is 3.61. The Morgan fingerprint density at radius 2 is 2.15 bits per heavy atom. The summed E-state index contributed by atoms with van der Waals surface area (Å²) < 4.78 is 5.26. The summed E-state index contributed by atoms with van der Waals surface area (Å²) in [6.45, 7) is 9.48. The number of aryl methyl sites for hydroxylation is 1. The van der Waals surface area contributed by atoms with Crippen molar-refractivity contribution >= 4 is 16.5 Å². The number of anilines is 1. The van der Waals surface area contributed by atoms with Crippen LogP contribution in [0.2, 0.25) is 0 Å². The lowest BCUT2D eigenvalue weighted by atomic mass is 9.98. The molecule has 4 nitrogen and oxygen atoms in total. The maximum atomic E-state index is 5.26. The summed E-state index contributed by atoms with van der Waals surface area (Å²) in [7, 11) is 1.80. The summed E-state index contributed by atoms with van der Waals surface area (Å²) >= 11 is 1.85. The monoisotopic (exact) mass is 297 g/mol. The van der Waals surface area contributed by atoms with Crippen molar-refractivity contribution in [3.8, 4) is 0 Å². The first kappa shape index (κ1) is 15.7. The molecule has 0 radical (unpaired) electrons. The van der Waals surface area contributed by atoms with Gasteiger partial charge in [0.15, 0.2) is 5.13 Å². The van der Waals surface area contributed by atoms with Crippen LogP contribution < -0.4 is 10.2 Å². The minimum absolute atomic E-state index is 0.725. The summed E-state index contributed by atoms with van der Waals surface area (Å²) in [5.41, 5.74) is 1.19. The van der Waals surface area contributed by atoms with Gasteiger partial charge in [0.2, 0.25) is 0 Å². The average molecular weight is 297 g/mol. The van der Waals surface area contributed by atoms with E-state index in [-0.39, 0.29) is 0 Å². The van der Waals surface area contributed by atoms with E-state index in [2.05, 4.69) is 24.1 Å². The normalized spacial score (nSPS) is 16.9. The van der Waals surface area contributed by atoms with Gasteiger partial charge in [0.25, 0.3) is 0 Å². The smallest absolute Gasteiger partial charge is 0.185 e. The zero-order valence-corrected chi connectivity index (χ0v) is 13.8. The van der Waals surface area contributed by atoms with Gasteiger partial charge in [0.05, 0.1) is 5.69 Å². The third-order valence-electron chi connectivity index (χ3n) is 3.88. The number of ether oxygens (including phenoxy) is 1. The van der Waals surface area contributed by atoms with Crippen LogP contribution >= 0.6 is 11.3 Å². The number of hydrogen-bond acceptors (Lipinski definition) is 5. The molecule has 0 spiro atoms. The van der Waals surface area contributed by atoms with Crippen LogP contribution in [0.1, 0.15) is 36.8 Å². The van der Waals surface area contributed by atoms with Crippen molar-refractivity contribution in [1.29, 1.82) is 0 Å². The highest BCUT2D eigenvalue weighted by molar-refractivity contribution is 7.15. The summed E-state index contributed by atoms with van der Waals surface area (Å²) in [4.78, 5) is 8.58. The molecule has 1 aromatic heterocycles. The molecule has 0 amide bonds. The van der Waals surface area contributed by atoms with E-state index < -0.39 is 0 Å². The highest BCUT2D eigenvalue weighted by Crippen LogP contribution is 2.29. The maximum Gasteiger partial charge on any atom is 0.185 e. The average Bonchev–Trinajstić information content (AvgIpc) is 2.82. The number of methoxy groups -OCH3 is 1. The van der Waals surface area contributed by atoms with E-state index in [4.69, 9.17) is 9.72 Å². The first-order chi connectivity index (χ1) is 9.74. The maximum absolute atomic E-state index is 5.26. The fraction of sp³-hybridized carbons (Fsp3) is 0.800. The van der Waals surface area contributed by atoms with Gasteiger partial charge in [-0.2, -0.15) is 0 Å². The molecule has 0 atom stereocenters. The summed E-state index contributed by atoms with van der Waals surface area (Å²) in [5.74, 6) is 0.725. The van der Waals surface area contributed by atoms with Crippen LogP contribution in [0.15, 0.2) is 0 Å². The number of piperidine rings is 1. The van der Waals surface area contributed by atoms with E-state index in [0.717, 1.165) is 38.7 Å². The Bertz CT molecular complexity index is 400. The van der Waals surface area contributed by atoms with E-state index in [9.17, 15) is 0 Å². The topological polar surface area (TPSA) is 37.4 Å². The van der Waals surface area contributed by atoms with Gasteiger partial charge in [0, 0.05) is 38.2 Å². The van der Waals surface area contributed by atoms with Crippen molar-refractivity contribution < 1.29 is 4.74 Å². The number of rotatable bonds is 7. The highest BCUT2D eigenvalue weighted by Gasteiger charge is 2.21. The van der Waals surface area contributed by atoms with Crippen molar-refractivity contribution in [3.05, 3.63) is 10.6 Å². The van der Waals surface area contributed by atoms with Crippen LogP contribution in [0.25, 0.3) is 0 Å². The predicted octanol–water partition coefficient (Wildman–Crippen LogP) is 2.81. The Labute approximate surface area is 126 Å². The molecule has 1 aliphatic heterocycles. The van der Waals surface area contributed by atoms with E-state index in [0.29, 0.717) is 0 Å². The van der Waals surface area contributed by atoms with Crippen molar-refractivity contribution in [3.63, 3.8) is 0 Å². The largest absolute Gasteiger partial charge is 0.384 e. The molecule has 114 valence electrons. The van der Waals surface area contributed by atoms with E-state index in [1.165, 1.54) is 35.0 Å². The molecule has 1 aliphatic rings. The second-order valence-corrected chi connectivity index (χ2v) is 6.63. The van der Waals surface area contributed by atoms with Crippen LogP contribution in [0.3, 0.4) is 0 Å². The number of thiazole rings is 1. The Morgan fingerprint density at radius 1 is 1.40 bits per heavy atom. The lowest BCUT2D eigenvalue weighted by Gasteiger charge is -2.31. The lowest BCUT2D eigenvalue weighted by Crippen LogP contribution is -2.34. The molecule has 5 heteroatoms. The van der Waals surface area contributed by atoms with Gasteiger partial charge in [-0.15, -0.1) is 11.3 Å². The molecule has 1 saturated heterocycles. The van der Waals surface area contributed by atoms with Gasteiger partial charge in [0.1, 0.15) is 0 Å². The molecule has 1 N–H and O–H groups in total. The fourth-order valence-electron chi connectivity index (χ4n) is 2.62. The minimum Gasteiger partial charge on any atom is -0.384 e. The molecule has 0 saturated carbocycles. The molecular weight excluding hydrogens is 270 g/mol. The minimum atomic E-state index is 0.725. The van der Waals surface area contributed by atoms with Crippen LogP contribution in [0, 0.1) is 12.8 Å². The van der Waals surface area contributed by atoms with Gasteiger partial charge in [-0.25, -0.2) is 4.98 Å². The molecule has 0 aliphatic carbocycles. The molecule has 1 fully saturated rings. The predicted molar refractivity (Wildman–Crippen MR) is 85.7 cm³/mol. The fourth-order valence-corrected chi connectivity index (χ4v) is 3.70. The van der Waals surface area contributed by atoms with E-state index in [1.54, 1.807) is 7.11 Å². The van der Waals surface area contributed by atoms with Crippen LogP contribution in [0.4, 0.5) is 5.13 Å². The first-order valence-electron chi connectivity index (χ1n) is 7.65. The lowest BCUT2D eigenvalue weighted by molar-refractivity contribution is 0.139. The van der Waals surface area contributed by atoms with Gasteiger partial charge < -0.3 is 15.0 Å². The zero-order valence-electron chi connectivity index (χ0n) is 12.9. The zero-order chi connectivity index (χ0) is 14.4. The highest BCUT2D eigenvalue weighted by atomic mass is 32.1. The van der Waals surface area contributed by atoms with Crippen LogP contribution in [0.5, 0.6) is 0 Å². The Balaban J connectivity index is 1.88. The summed E-state index contributed by atoms with van der Waals surface area (Å²) in [5, 5.41) is 4.67. The van der Waals surface area contributed by atoms with Gasteiger partial charge >= 0.3 is 0 Å². The number of nitrogens with one attached hydrogen (secondary N) is 1. The molecule has 0 unspecified atom stereocenters. The third-order valence-corrected chi connectivity index (χ3v) is 5.10. The first-order valence-corrected chi connectivity index (χ1v) is 8.47. The Morgan fingerprint density at radius 3 is 2.80 bits per heavy atom. The Kier molecular flexibility index (Phi) is 6.26. The number of nitrogens with zero attached hydrogens (tertiary/aromatic N) is 2. The van der Waals surface area contributed by atoms with Crippen LogP contribution in [-0.2, 0) is 11.3 Å². The molecular formula is C15H27N3OS. The van der Waals surface area contributed by atoms with Gasteiger partial charge in [-0.3, -0.25) is 0 Å². The third kappa shape index (κ3) is 4.17. The second-order valence-electron chi connectivity index (χ2n) is 5.57. The molecule has 0 bridgehead atoms. The molecule has 1 aromatic rings. The van der Waals surface area contributed by atoms with Crippen molar-refractivity contribution in [1.82, 2.24) is 10.3 Å². The van der Waals surface area contributed by atoms with Gasteiger partial charge in [-0.05, 0) is 38.6 Å². The quantitative estimate of drug-likeness (QED) is 0.785. The number of aromatic nitrogens is 1. The molecule has 2 heterocycles. The van der Waals surface area contributed by atoms with Crippen molar-refractivity contribution in [2.45, 2.75) is 39.7 Å². The SMILES string of the molecule is CCCNCc1sc(N2CCC(COC)CC2)nc1C. The molecule has 20 heavy (non-hydrogen) atoms. The van der Waals surface area contributed by atoms with Crippen LogP contribution in [-0.4, -0.2) is 38.3 Å². The standard InChI is InChI=1S/C15H27N3OS/c1-4-7-16-10-14-12(2)17-15(20-14)18-8-5-13(6-9-18)11-19-3/h13,16H,4-11H2,1-3H3. The van der Waals surface area contributed by atoms with E-state index in [1.807, 2.05) is 11.3 Å². The molecule has 0 aromatic carbocycles. The van der Waals surface area contributed by atoms with Crippen molar-refractivity contribution in [2.75, 3.05) is 38.3 Å². The van der Waals surface area contributed by atoms with Crippen molar-refractivity contribution in [2.24, 2.45) is 5.92 Å². The second kappa shape index (κ2) is 7.96. The van der Waals surface area contributed by atoms with E-state index >= 15 is 0 Å². The molecule has 2 rings (SSSR count). The van der Waals surface area contributed by atoms with Gasteiger partial charge in [-0.1, -0.05) is 6.92 Å².